The summed E-state index contributed by atoms with van der Waals surface area (Å²) in [4.78, 5) is 13.2. The highest BCUT2D eigenvalue weighted by Crippen LogP contribution is 2.36. The highest BCUT2D eigenvalue weighted by atomic mass is 32.1. The summed E-state index contributed by atoms with van der Waals surface area (Å²) in [6, 6.07) is 0.285. The van der Waals surface area contributed by atoms with Crippen LogP contribution in [-0.2, 0) is 4.79 Å². The Balaban J connectivity index is 2.75. The van der Waals surface area contributed by atoms with E-state index in [1.807, 2.05) is 0 Å². The lowest BCUT2D eigenvalue weighted by Crippen LogP contribution is -2.52. The van der Waals surface area contributed by atoms with Gasteiger partial charge < -0.3 is 11.1 Å². The van der Waals surface area contributed by atoms with E-state index in [1.165, 1.54) is 12.8 Å². The van der Waals surface area contributed by atoms with Crippen LogP contribution in [0, 0.1) is 10.8 Å². The van der Waals surface area contributed by atoms with Gasteiger partial charge in [-0.1, -0.05) is 52.8 Å². The van der Waals surface area contributed by atoms with Gasteiger partial charge in [0.15, 0.2) is 0 Å². The van der Waals surface area contributed by atoms with Crippen molar-refractivity contribution in [1.82, 2.24) is 5.32 Å². The standard InChI is InChI=1S/C17H32N2OS/c1-5-9-17(10-6-2,14(18)21)15(20)19-13-7-11-16(3,4)12-8-13/h13H,5-12H2,1-4H3,(H2,18,21)(H,19,20). The molecule has 21 heavy (non-hydrogen) atoms. The van der Waals surface area contributed by atoms with Gasteiger partial charge in [-0.05, 0) is 43.9 Å². The van der Waals surface area contributed by atoms with Crippen molar-refractivity contribution in [2.75, 3.05) is 0 Å². The second-order valence-corrected chi connectivity index (χ2v) is 7.80. The molecule has 0 unspecified atom stereocenters. The monoisotopic (exact) mass is 312 g/mol. The average Bonchev–Trinajstić information content (AvgIpc) is 2.40. The van der Waals surface area contributed by atoms with E-state index in [2.05, 4.69) is 33.0 Å². The molecule has 1 rings (SSSR count). The van der Waals surface area contributed by atoms with Crippen LogP contribution in [0.15, 0.2) is 0 Å². The molecule has 1 aliphatic rings. The Morgan fingerprint density at radius 2 is 1.71 bits per heavy atom. The molecule has 0 radical (unpaired) electrons. The van der Waals surface area contributed by atoms with E-state index in [-0.39, 0.29) is 11.9 Å². The second kappa shape index (κ2) is 7.57. The molecule has 0 aromatic carbocycles. The first-order valence-electron chi connectivity index (χ1n) is 8.38. The SMILES string of the molecule is CCCC(CCC)(C(=O)NC1CCC(C)(C)CC1)C(N)=S. The number of carbonyl (C=O) groups is 1. The normalized spacial score (nSPS) is 19.2. The maximum atomic E-state index is 12.8. The van der Waals surface area contributed by atoms with Gasteiger partial charge in [-0.2, -0.15) is 0 Å². The fourth-order valence-electron chi connectivity index (χ4n) is 3.43. The van der Waals surface area contributed by atoms with Gasteiger partial charge in [-0.15, -0.1) is 0 Å². The maximum absolute atomic E-state index is 12.8. The molecule has 0 heterocycles. The highest BCUT2D eigenvalue weighted by molar-refractivity contribution is 7.80. The van der Waals surface area contributed by atoms with Crippen LogP contribution in [0.25, 0.3) is 0 Å². The molecule has 4 heteroatoms. The van der Waals surface area contributed by atoms with Gasteiger partial charge in [0.1, 0.15) is 0 Å². The summed E-state index contributed by atoms with van der Waals surface area (Å²) in [5, 5.41) is 3.24. The van der Waals surface area contributed by atoms with E-state index in [0.717, 1.165) is 38.5 Å². The maximum Gasteiger partial charge on any atom is 0.233 e. The van der Waals surface area contributed by atoms with E-state index in [4.69, 9.17) is 18.0 Å². The lowest BCUT2D eigenvalue weighted by molar-refractivity contribution is -0.129. The Kier molecular flexibility index (Phi) is 6.64. The lowest BCUT2D eigenvalue weighted by atomic mass is 9.74. The van der Waals surface area contributed by atoms with Crippen molar-refractivity contribution in [2.24, 2.45) is 16.6 Å². The molecule has 0 atom stereocenters. The van der Waals surface area contributed by atoms with E-state index in [1.54, 1.807) is 0 Å². The van der Waals surface area contributed by atoms with Crippen molar-refractivity contribution < 1.29 is 4.79 Å². The van der Waals surface area contributed by atoms with Crippen molar-refractivity contribution in [3.05, 3.63) is 0 Å². The molecule has 122 valence electrons. The van der Waals surface area contributed by atoms with Crippen LogP contribution >= 0.6 is 12.2 Å². The molecule has 0 aromatic rings. The summed E-state index contributed by atoms with van der Waals surface area (Å²) in [5.74, 6) is 0.0587. The van der Waals surface area contributed by atoms with Crippen LogP contribution in [0.5, 0.6) is 0 Å². The largest absolute Gasteiger partial charge is 0.392 e. The molecular formula is C17H32N2OS. The third kappa shape index (κ3) is 4.67. The van der Waals surface area contributed by atoms with E-state index in [0.29, 0.717) is 10.4 Å². The Morgan fingerprint density at radius 1 is 1.24 bits per heavy atom. The number of hydrogen-bond acceptors (Lipinski definition) is 2. The molecular weight excluding hydrogens is 280 g/mol. The Bertz CT molecular complexity index is 363. The van der Waals surface area contributed by atoms with Gasteiger partial charge in [0.25, 0.3) is 0 Å². The lowest BCUT2D eigenvalue weighted by Gasteiger charge is -2.37. The van der Waals surface area contributed by atoms with E-state index in [9.17, 15) is 4.79 Å². The first-order chi connectivity index (χ1) is 9.77. The molecule has 1 fully saturated rings. The Hall–Kier alpha value is -0.640. The van der Waals surface area contributed by atoms with E-state index >= 15 is 0 Å². The quantitative estimate of drug-likeness (QED) is 0.700. The predicted octanol–water partition coefficient (Wildman–Crippen LogP) is 3.94. The minimum absolute atomic E-state index is 0.0587. The zero-order valence-corrected chi connectivity index (χ0v) is 14.9. The van der Waals surface area contributed by atoms with Gasteiger partial charge in [-0.3, -0.25) is 4.79 Å². The van der Waals surface area contributed by atoms with Crippen LogP contribution in [0.3, 0.4) is 0 Å². The molecule has 0 bridgehead atoms. The smallest absolute Gasteiger partial charge is 0.233 e. The first kappa shape index (κ1) is 18.4. The number of amides is 1. The summed E-state index contributed by atoms with van der Waals surface area (Å²) < 4.78 is 0. The molecule has 1 amide bonds. The molecule has 3 N–H and O–H groups in total. The molecule has 0 spiro atoms. The molecule has 3 nitrogen and oxygen atoms in total. The number of carbonyl (C=O) groups excluding carboxylic acids is 1. The summed E-state index contributed by atoms with van der Waals surface area (Å²) >= 11 is 5.26. The number of nitrogens with one attached hydrogen (secondary N) is 1. The molecule has 0 aromatic heterocycles. The number of hydrogen-bond donors (Lipinski definition) is 2. The summed E-state index contributed by atoms with van der Waals surface area (Å²) in [5.41, 5.74) is 5.73. The third-order valence-corrected chi connectivity index (χ3v) is 5.32. The minimum Gasteiger partial charge on any atom is -0.392 e. The van der Waals surface area contributed by atoms with Crippen molar-refractivity contribution in [3.8, 4) is 0 Å². The van der Waals surface area contributed by atoms with Crippen LogP contribution in [-0.4, -0.2) is 16.9 Å². The molecule has 0 aliphatic heterocycles. The predicted molar refractivity (Wildman–Crippen MR) is 93.2 cm³/mol. The van der Waals surface area contributed by atoms with Crippen molar-refractivity contribution >= 4 is 23.1 Å². The van der Waals surface area contributed by atoms with Crippen LogP contribution in [0.2, 0.25) is 0 Å². The topological polar surface area (TPSA) is 55.1 Å². The van der Waals surface area contributed by atoms with Gasteiger partial charge in [0.05, 0.1) is 10.4 Å². The molecule has 1 aliphatic carbocycles. The summed E-state index contributed by atoms with van der Waals surface area (Å²) in [7, 11) is 0. The highest BCUT2D eigenvalue weighted by Gasteiger charge is 2.41. The van der Waals surface area contributed by atoms with Crippen molar-refractivity contribution in [2.45, 2.75) is 85.1 Å². The van der Waals surface area contributed by atoms with Gasteiger partial charge in [0.2, 0.25) is 5.91 Å². The van der Waals surface area contributed by atoms with Crippen LogP contribution in [0.1, 0.15) is 79.1 Å². The van der Waals surface area contributed by atoms with Crippen molar-refractivity contribution in [3.63, 3.8) is 0 Å². The van der Waals surface area contributed by atoms with Crippen LogP contribution < -0.4 is 11.1 Å². The third-order valence-electron chi connectivity index (χ3n) is 4.93. The minimum atomic E-state index is -0.647. The molecule has 1 saturated carbocycles. The van der Waals surface area contributed by atoms with Crippen molar-refractivity contribution in [1.29, 1.82) is 0 Å². The fourth-order valence-corrected chi connectivity index (χ4v) is 3.73. The van der Waals surface area contributed by atoms with Gasteiger partial charge >= 0.3 is 0 Å². The molecule has 0 saturated heterocycles. The second-order valence-electron chi connectivity index (χ2n) is 7.36. The number of thiocarbonyl (C=S) groups is 1. The zero-order valence-electron chi connectivity index (χ0n) is 14.1. The van der Waals surface area contributed by atoms with E-state index < -0.39 is 5.41 Å². The Labute approximate surface area is 135 Å². The summed E-state index contributed by atoms with van der Waals surface area (Å²) in [6.45, 7) is 8.77. The number of rotatable bonds is 7. The fraction of sp³-hybridized carbons (Fsp3) is 0.882. The zero-order chi connectivity index (χ0) is 16.1. The summed E-state index contributed by atoms with van der Waals surface area (Å²) in [6.07, 6.45) is 7.79. The average molecular weight is 313 g/mol. The first-order valence-corrected chi connectivity index (χ1v) is 8.79. The number of nitrogens with two attached hydrogens (primary N) is 1. The van der Waals surface area contributed by atoms with Gasteiger partial charge in [-0.25, -0.2) is 0 Å². The Morgan fingerprint density at radius 3 is 2.10 bits per heavy atom. The van der Waals surface area contributed by atoms with Gasteiger partial charge in [0, 0.05) is 6.04 Å². The van der Waals surface area contributed by atoms with Crippen LogP contribution in [0.4, 0.5) is 0 Å².